The number of nitriles is 1. The van der Waals surface area contributed by atoms with Gasteiger partial charge >= 0.3 is 0 Å². The van der Waals surface area contributed by atoms with Crippen LogP contribution in [0.25, 0.3) is 0 Å². The molecule has 1 fully saturated rings. The minimum atomic E-state index is -0.396. The molecule has 0 spiro atoms. The standard InChI is InChI=1S/C22H22ClFN2O3/c1-28-21-12-15(13-25)7-10-20(21)29-11-3-6-22(27)26(16-8-9-16)14-17-18(23)4-2-5-19(17)24/h2,4-5,7,10,12,16H,3,6,8-9,11,14H2,1H3. The summed E-state index contributed by atoms with van der Waals surface area (Å²) in [6.45, 7) is 0.506. The Kier molecular flexibility index (Phi) is 6.95. The highest BCUT2D eigenvalue weighted by Crippen LogP contribution is 2.32. The summed E-state index contributed by atoms with van der Waals surface area (Å²) in [6.07, 6.45) is 2.66. The van der Waals surface area contributed by atoms with Crippen LogP contribution in [0.5, 0.6) is 11.5 Å². The third-order valence-electron chi connectivity index (χ3n) is 4.78. The van der Waals surface area contributed by atoms with Crippen molar-refractivity contribution >= 4 is 17.5 Å². The Bertz CT molecular complexity index is 905. The summed E-state index contributed by atoms with van der Waals surface area (Å²) in [5, 5.41) is 9.28. The van der Waals surface area contributed by atoms with Crippen molar-refractivity contribution < 1.29 is 18.7 Å². The zero-order chi connectivity index (χ0) is 20.8. The molecule has 2 aromatic carbocycles. The molecule has 5 nitrogen and oxygen atoms in total. The molecule has 0 unspecified atom stereocenters. The molecule has 0 aromatic heterocycles. The van der Waals surface area contributed by atoms with Crippen LogP contribution in [0.15, 0.2) is 36.4 Å². The highest BCUT2D eigenvalue weighted by molar-refractivity contribution is 6.31. The molecule has 1 aliphatic rings. The lowest BCUT2D eigenvalue weighted by molar-refractivity contribution is -0.132. The van der Waals surface area contributed by atoms with Crippen molar-refractivity contribution in [3.63, 3.8) is 0 Å². The van der Waals surface area contributed by atoms with Gasteiger partial charge in [-0.1, -0.05) is 17.7 Å². The highest BCUT2D eigenvalue weighted by Gasteiger charge is 2.33. The van der Waals surface area contributed by atoms with Gasteiger partial charge in [0.2, 0.25) is 5.91 Å². The van der Waals surface area contributed by atoms with Crippen LogP contribution in [-0.4, -0.2) is 30.6 Å². The number of ether oxygens (including phenoxy) is 2. The number of halogens is 2. The van der Waals surface area contributed by atoms with Crippen molar-refractivity contribution in [3.8, 4) is 17.6 Å². The van der Waals surface area contributed by atoms with Crippen LogP contribution < -0.4 is 9.47 Å². The summed E-state index contributed by atoms with van der Waals surface area (Å²) in [6, 6.07) is 11.7. The molecule has 0 saturated heterocycles. The molecular formula is C22H22ClFN2O3. The first-order valence-electron chi connectivity index (χ1n) is 9.46. The van der Waals surface area contributed by atoms with Crippen LogP contribution in [0.4, 0.5) is 4.39 Å². The molecule has 7 heteroatoms. The Morgan fingerprint density at radius 2 is 2.10 bits per heavy atom. The lowest BCUT2D eigenvalue weighted by Gasteiger charge is -2.23. The number of hydrogen-bond acceptors (Lipinski definition) is 4. The zero-order valence-electron chi connectivity index (χ0n) is 16.2. The second kappa shape index (κ2) is 9.62. The maximum atomic E-state index is 14.1. The van der Waals surface area contributed by atoms with E-state index in [9.17, 15) is 9.18 Å². The first-order chi connectivity index (χ1) is 14.0. The molecule has 0 bridgehead atoms. The first kappa shape index (κ1) is 20.9. The van der Waals surface area contributed by atoms with Gasteiger partial charge in [-0.2, -0.15) is 5.26 Å². The van der Waals surface area contributed by atoms with E-state index in [1.54, 1.807) is 35.2 Å². The largest absolute Gasteiger partial charge is 0.493 e. The number of carbonyl (C=O) groups excluding carboxylic acids is 1. The molecule has 1 aliphatic carbocycles. The van der Waals surface area contributed by atoms with E-state index in [0.717, 1.165) is 12.8 Å². The molecule has 1 saturated carbocycles. The Morgan fingerprint density at radius 1 is 1.31 bits per heavy atom. The van der Waals surface area contributed by atoms with Crippen molar-refractivity contribution in [1.29, 1.82) is 5.26 Å². The number of rotatable bonds is 9. The second-order valence-electron chi connectivity index (χ2n) is 6.88. The Morgan fingerprint density at radius 3 is 2.76 bits per heavy atom. The molecule has 0 aliphatic heterocycles. The lowest BCUT2D eigenvalue weighted by Crippen LogP contribution is -2.33. The van der Waals surface area contributed by atoms with Crippen LogP contribution in [0, 0.1) is 17.1 Å². The van der Waals surface area contributed by atoms with Gasteiger partial charge in [0.15, 0.2) is 11.5 Å². The maximum Gasteiger partial charge on any atom is 0.223 e. The molecule has 2 aromatic rings. The van der Waals surface area contributed by atoms with Crippen LogP contribution in [0.1, 0.15) is 36.8 Å². The van der Waals surface area contributed by atoms with Crippen LogP contribution in [0.3, 0.4) is 0 Å². The average molecular weight is 417 g/mol. The van der Waals surface area contributed by atoms with E-state index in [1.807, 2.05) is 6.07 Å². The van der Waals surface area contributed by atoms with Gasteiger partial charge in [0, 0.05) is 29.1 Å². The van der Waals surface area contributed by atoms with E-state index in [4.69, 9.17) is 26.3 Å². The van der Waals surface area contributed by atoms with E-state index < -0.39 is 5.82 Å². The molecule has 152 valence electrons. The number of methoxy groups -OCH3 is 1. The molecular weight excluding hydrogens is 395 g/mol. The van der Waals surface area contributed by atoms with Gasteiger partial charge in [0.1, 0.15) is 5.82 Å². The van der Waals surface area contributed by atoms with E-state index >= 15 is 0 Å². The predicted molar refractivity (Wildman–Crippen MR) is 107 cm³/mol. The van der Waals surface area contributed by atoms with Crippen molar-refractivity contribution in [2.24, 2.45) is 0 Å². The van der Waals surface area contributed by atoms with Crippen LogP contribution in [0.2, 0.25) is 5.02 Å². The van der Waals surface area contributed by atoms with Gasteiger partial charge < -0.3 is 14.4 Å². The lowest BCUT2D eigenvalue weighted by atomic mass is 10.1. The van der Waals surface area contributed by atoms with Gasteiger partial charge in [-0.3, -0.25) is 4.79 Å². The van der Waals surface area contributed by atoms with Gasteiger partial charge in [0.25, 0.3) is 0 Å². The quantitative estimate of drug-likeness (QED) is 0.555. The fourth-order valence-corrected chi connectivity index (χ4v) is 3.29. The third kappa shape index (κ3) is 5.39. The van der Waals surface area contributed by atoms with E-state index in [0.29, 0.717) is 47.1 Å². The number of amides is 1. The zero-order valence-corrected chi connectivity index (χ0v) is 16.9. The van der Waals surface area contributed by atoms with Gasteiger partial charge in [-0.05, 0) is 43.5 Å². The summed E-state index contributed by atoms with van der Waals surface area (Å²) in [5.74, 6) is 0.565. The summed E-state index contributed by atoms with van der Waals surface area (Å²) in [4.78, 5) is 14.4. The monoisotopic (exact) mass is 416 g/mol. The molecule has 0 N–H and O–H groups in total. The summed E-state index contributed by atoms with van der Waals surface area (Å²) < 4.78 is 25.0. The van der Waals surface area contributed by atoms with Crippen molar-refractivity contribution in [3.05, 3.63) is 58.4 Å². The van der Waals surface area contributed by atoms with Crippen molar-refractivity contribution in [2.75, 3.05) is 13.7 Å². The normalized spacial score (nSPS) is 12.9. The molecule has 0 heterocycles. The number of nitrogens with zero attached hydrogens (tertiary/aromatic N) is 2. The summed E-state index contributed by atoms with van der Waals surface area (Å²) in [7, 11) is 1.51. The number of benzene rings is 2. The van der Waals surface area contributed by atoms with Crippen LogP contribution in [-0.2, 0) is 11.3 Å². The molecule has 3 rings (SSSR count). The third-order valence-corrected chi connectivity index (χ3v) is 5.14. The minimum Gasteiger partial charge on any atom is -0.493 e. The summed E-state index contributed by atoms with van der Waals surface area (Å²) in [5.41, 5.74) is 0.837. The molecule has 1 amide bonds. The predicted octanol–water partition coefficient (Wildman–Crippen LogP) is 4.71. The Hall–Kier alpha value is -2.78. The van der Waals surface area contributed by atoms with Gasteiger partial charge in [-0.15, -0.1) is 0 Å². The van der Waals surface area contributed by atoms with E-state index in [-0.39, 0.29) is 18.5 Å². The highest BCUT2D eigenvalue weighted by atomic mass is 35.5. The van der Waals surface area contributed by atoms with Gasteiger partial charge in [0.05, 0.1) is 31.9 Å². The number of hydrogen-bond donors (Lipinski definition) is 0. The minimum absolute atomic E-state index is 0.0396. The SMILES string of the molecule is COc1cc(C#N)ccc1OCCCC(=O)N(Cc1c(F)cccc1Cl)C1CC1. The smallest absolute Gasteiger partial charge is 0.223 e. The van der Waals surface area contributed by atoms with E-state index in [1.165, 1.54) is 13.2 Å². The molecule has 0 radical (unpaired) electrons. The molecule has 29 heavy (non-hydrogen) atoms. The fraction of sp³-hybridized carbons (Fsp3) is 0.364. The number of carbonyl (C=O) groups is 1. The fourth-order valence-electron chi connectivity index (χ4n) is 3.07. The second-order valence-corrected chi connectivity index (χ2v) is 7.29. The molecule has 0 atom stereocenters. The van der Waals surface area contributed by atoms with Crippen LogP contribution >= 0.6 is 11.6 Å². The van der Waals surface area contributed by atoms with E-state index in [2.05, 4.69) is 0 Å². The maximum absolute atomic E-state index is 14.1. The summed E-state index contributed by atoms with van der Waals surface area (Å²) >= 11 is 6.12. The van der Waals surface area contributed by atoms with Gasteiger partial charge in [-0.25, -0.2) is 4.39 Å². The Labute approximate surface area is 174 Å². The first-order valence-corrected chi connectivity index (χ1v) is 9.84. The van der Waals surface area contributed by atoms with Crippen molar-refractivity contribution in [1.82, 2.24) is 4.90 Å². The average Bonchev–Trinajstić information content (AvgIpc) is 3.56. The van der Waals surface area contributed by atoms with Crippen molar-refractivity contribution in [2.45, 2.75) is 38.3 Å². The Balaban J connectivity index is 1.55. The topological polar surface area (TPSA) is 62.6 Å².